The molecule has 2 N–H and O–H groups in total. The van der Waals surface area contributed by atoms with Crippen molar-refractivity contribution in [3.8, 4) is 0 Å². The summed E-state index contributed by atoms with van der Waals surface area (Å²) in [7, 11) is -2.25. The number of H-pyrrole nitrogens is 1. The summed E-state index contributed by atoms with van der Waals surface area (Å²) in [6, 6.07) is 5.30. The molecule has 0 spiro atoms. The Morgan fingerprint density at radius 3 is 2.64 bits per heavy atom. The number of ether oxygens (including phenoxy) is 1. The van der Waals surface area contributed by atoms with Gasteiger partial charge in [0.15, 0.2) is 4.45 Å². The summed E-state index contributed by atoms with van der Waals surface area (Å²) in [4.78, 5) is 51.7. The largest absolute Gasteiger partial charge is 0.361 e. The van der Waals surface area contributed by atoms with Gasteiger partial charge in [0.2, 0.25) is 11.6 Å². The van der Waals surface area contributed by atoms with E-state index in [-0.39, 0.29) is 24.3 Å². The molecule has 6 atom stereocenters. The second-order valence-corrected chi connectivity index (χ2v) is 17.4. The first-order chi connectivity index (χ1) is 22.0. The molecule has 47 heavy (non-hydrogen) atoms. The van der Waals surface area contributed by atoms with Gasteiger partial charge in [-0.15, -0.1) is 0 Å². The Morgan fingerprint density at radius 2 is 1.96 bits per heavy atom. The smallest absolute Gasteiger partial charge is 0.295 e. The highest BCUT2D eigenvalue weighted by atomic mass is 79.9. The molecule has 5 aliphatic rings. The molecule has 1 aromatic carbocycles. The number of hydrogen-bond acceptors (Lipinski definition) is 8. The molecular formula is C33H42BrN5O7S. The van der Waals surface area contributed by atoms with Crippen molar-refractivity contribution in [3.05, 3.63) is 41.6 Å². The molecule has 1 aromatic heterocycles. The number of alkyl halides is 1. The topological polar surface area (TPSA) is 141 Å². The fraction of sp³-hybridized carbons (Fsp3) is 0.606. The number of hydrogen-bond donors (Lipinski definition) is 2. The number of piperazine rings is 1. The van der Waals surface area contributed by atoms with Gasteiger partial charge in [0.25, 0.3) is 27.8 Å². The molecule has 7 rings (SSSR count). The van der Waals surface area contributed by atoms with Gasteiger partial charge in [-0.05, 0) is 61.4 Å². The van der Waals surface area contributed by atoms with E-state index in [1.807, 2.05) is 39.1 Å². The van der Waals surface area contributed by atoms with Crippen LogP contribution in [0.3, 0.4) is 0 Å². The van der Waals surface area contributed by atoms with Crippen LogP contribution in [0.1, 0.15) is 58.1 Å². The predicted molar refractivity (Wildman–Crippen MR) is 178 cm³/mol. The number of likely N-dealkylation sites (N-methyl/N-ethyl adjacent to an activating group) is 1. The van der Waals surface area contributed by atoms with E-state index in [1.165, 1.54) is 5.56 Å². The molecule has 3 saturated heterocycles. The summed E-state index contributed by atoms with van der Waals surface area (Å²) in [6.45, 7) is 8.04. The minimum absolute atomic E-state index is 0.0808. The van der Waals surface area contributed by atoms with Crippen LogP contribution in [0.2, 0.25) is 0 Å². The zero-order chi connectivity index (χ0) is 33.8. The van der Waals surface area contributed by atoms with Crippen molar-refractivity contribution < 1.29 is 31.7 Å². The molecule has 0 radical (unpaired) electrons. The lowest BCUT2D eigenvalue weighted by Crippen LogP contribution is -2.76. The molecule has 3 amide bonds. The number of aromatic nitrogens is 1. The van der Waals surface area contributed by atoms with Crippen LogP contribution in [-0.4, -0.2) is 100 Å². The van der Waals surface area contributed by atoms with Gasteiger partial charge in [0.05, 0.1) is 12.2 Å². The van der Waals surface area contributed by atoms with Crippen LogP contribution in [0.4, 0.5) is 0 Å². The molecule has 3 fully saturated rings. The lowest BCUT2D eigenvalue weighted by atomic mass is 9.79. The third kappa shape index (κ3) is 4.76. The Kier molecular flexibility index (Phi) is 7.57. The van der Waals surface area contributed by atoms with Crippen molar-refractivity contribution in [2.24, 2.45) is 17.8 Å². The van der Waals surface area contributed by atoms with E-state index in [4.69, 9.17) is 8.92 Å². The summed E-state index contributed by atoms with van der Waals surface area (Å²) < 4.78 is 36.8. The predicted octanol–water partition coefficient (Wildman–Crippen LogP) is 3.14. The molecule has 5 heterocycles. The van der Waals surface area contributed by atoms with E-state index in [9.17, 15) is 22.8 Å². The quantitative estimate of drug-likeness (QED) is 0.252. The van der Waals surface area contributed by atoms with Gasteiger partial charge in [-0.2, -0.15) is 8.42 Å². The van der Waals surface area contributed by atoms with E-state index >= 15 is 0 Å². The molecule has 254 valence electrons. The monoisotopic (exact) mass is 731 g/mol. The van der Waals surface area contributed by atoms with Crippen LogP contribution in [-0.2, 0) is 39.8 Å². The first-order valence-corrected chi connectivity index (χ1v) is 18.9. The summed E-state index contributed by atoms with van der Waals surface area (Å²) >= 11 is 3.63. The normalized spacial score (nSPS) is 33.8. The van der Waals surface area contributed by atoms with Crippen LogP contribution < -0.4 is 5.32 Å². The average molecular weight is 733 g/mol. The molecular weight excluding hydrogens is 690 g/mol. The van der Waals surface area contributed by atoms with Crippen molar-refractivity contribution in [2.45, 2.75) is 81.5 Å². The van der Waals surface area contributed by atoms with Crippen molar-refractivity contribution >= 4 is 60.2 Å². The molecule has 2 aromatic rings. The number of carbonyl (C=O) groups excluding carboxylic acids is 3. The highest BCUT2D eigenvalue weighted by molar-refractivity contribution is 9.10. The van der Waals surface area contributed by atoms with Crippen LogP contribution >= 0.6 is 15.9 Å². The highest BCUT2D eigenvalue weighted by Crippen LogP contribution is 2.56. The maximum Gasteiger partial charge on any atom is 0.295 e. The third-order valence-corrected chi connectivity index (χ3v) is 12.0. The number of halogens is 1. The van der Waals surface area contributed by atoms with Gasteiger partial charge in [0, 0.05) is 42.1 Å². The van der Waals surface area contributed by atoms with E-state index in [1.54, 1.807) is 18.7 Å². The number of nitrogens with one attached hydrogen (secondary N) is 2. The number of fused-ring (bicyclic) bond motifs is 5. The van der Waals surface area contributed by atoms with Crippen LogP contribution in [0.25, 0.3) is 16.5 Å². The van der Waals surface area contributed by atoms with E-state index in [0.717, 1.165) is 39.6 Å². The average Bonchev–Trinajstić information content (AvgIpc) is 3.69. The van der Waals surface area contributed by atoms with Crippen LogP contribution in [0.5, 0.6) is 0 Å². The highest BCUT2D eigenvalue weighted by Gasteiger charge is 2.77. The second kappa shape index (κ2) is 10.9. The Bertz CT molecular complexity index is 1830. The Balaban J connectivity index is 1.32. The molecule has 0 saturated carbocycles. The van der Waals surface area contributed by atoms with Gasteiger partial charge >= 0.3 is 0 Å². The zero-order valence-corrected chi connectivity index (χ0v) is 29.9. The van der Waals surface area contributed by atoms with Crippen molar-refractivity contribution in [1.29, 1.82) is 0 Å². The number of benzene rings is 1. The number of nitrogens with zero attached hydrogens (tertiary/aromatic N) is 3. The fourth-order valence-corrected chi connectivity index (χ4v) is 10.4. The SMILES string of the molecule is CC(C)CC1(Br)C(=O)N2CCC[C@H]2C2(OS(C)(=O)=O)O[C@](NC(=O)[C@@H]3C=C4c5cccc6[nH]cc(c56)C[C@H]4N(C)C3)(C(C)C)C(=O)N12. The molecule has 1 aliphatic carbocycles. The van der Waals surface area contributed by atoms with Crippen molar-refractivity contribution in [3.63, 3.8) is 0 Å². The zero-order valence-electron chi connectivity index (χ0n) is 27.5. The minimum Gasteiger partial charge on any atom is -0.361 e. The van der Waals surface area contributed by atoms with E-state index in [2.05, 4.69) is 43.4 Å². The molecule has 12 nitrogen and oxygen atoms in total. The second-order valence-electron chi connectivity index (χ2n) is 14.5. The number of amides is 3. The van der Waals surface area contributed by atoms with E-state index < -0.39 is 55.9 Å². The molecule has 14 heteroatoms. The number of aromatic amines is 1. The van der Waals surface area contributed by atoms with Crippen molar-refractivity contribution in [2.75, 3.05) is 26.4 Å². The van der Waals surface area contributed by atoms with Gasteiger partial charge < -0.3 is 15.2 Å². The summed E-state index contributed by atoms with van der Waals surface area (Å²) in [5, 5.41) is 4.12. The lowest BCUT2D eigenvalue weighted by molar-refractivity contribution is -0.308. The Labute approximate surface area is 283 Å². The summed E-state index contributed by atoms with van der Waals surface area (Å²) in [5.74, 6) is -5.11. The Morgan fingerprint density at radius 1 is 1.21 bits per heavy atom. The van der Waals surface area contributed by atoms with Gasteiger partial charge in [-0.3, -0.25) is 28.9 Å². The Hall–Kier alpha value is -2.78. The maximum absolute atomic E-state index is 15.0. The summed E-state index contributed by atoms with van der Waals surface area (Å²) in [6.07, 6.45) is 6.83. The van der Waals surface area contributed by atoms with Gasteiger partial charge in [-0.25, -0.2) is 4.18 Å². The third-order valence-electron chi connectivity index (χ3n) is 10.4. The maximum atomic E-state index is 15.0. The molecule has 2 unspecified atom stereocenters. The minimum atomic E-state index is -4.24. The van der Waals surface area contributed by atoms with Crippen molar-refractivity contribution in [1.82, 2.24) is 25.0 Å². The van der Waals surface area contributed by atoms with E-state index in [0.29, 0.717) is 25.9 Å². The van der Waals surface area contributed by atoms with Gasteiger partial charge in [0.1, 0.15) is 6.04 Å². The summed E-state index contributed by atoms with van der Waals surface area (Å²) in [5.41, 5.74) is 2.37. The lowest BCUT2D eigenvalue weighted by Gasteiger charge is -2.54. The standard InChI is InChI=1S/C33H42BrN5O7S/c1-18(2)15-31(34)29(41)38-12-8-11-26(38)33(46-47(6,43)44)39(31)30(42)32(45-33,19(3)4)36-28(40)21-13-23-22-9-7-10-24-27(22)20(16-35-24)14-25(23)37(5)17-21/h7,9-10,13,16,18-19,21,25-26,35H,8,11-12,14-15,17H2,1-6H3,(H,36,40)/t21-,25-,26+,31?,32-,33?/m1/s1. The molecule has 0 bridgehead atoms. The molecule has 4 aliphatic heterocycles. The fourth-order valence-electron chi connectivity index (χ4n) is 8.48. The van der Waals surface area contributed by atoms with Crippen LogP contribution in [0, 0.1) is 17.8 Å². The number of rotatable bonds is 7. The van der Waals surface area contributed by atoms with Crippen LogP contribution in [0.15, 0.2) is 30.5 Å². The first kappa shape index (κ1) is 32.8. The first-order valence-electron chi connectivity index (χ1n) is 16.3. The van der Waals surface area contributed by atoms with Gasteiger partial charge in [-0.1, -0.05) is 61.8 Å². The number of carbonyl (C=O) groups is 3.